The summed E-state index contributed by atoms with van der Waals surface area (Å²) < 4.78 is 5.22. The van der Waals surface area contributed by atoms with Gasteiger partial charge in [-0.25, -0.2) is 0 Å². The van der Waals surface area contributed by atoms with Gasteiger partial charge in [0.05, 0.1) is 18.4 Å². The number of aryl methyl sites for hydroxylation is 2. The minimum Gasteiger partial charge on any atom is -0.507 e. The van der Waals surface area contributed by atoms with Crippen molar-refractivity contribution in [2.75, 3.05) is 12.0 Å². The first-order valence-corrected chi connectivity index (χ1v) is 10.5. The van der Waals surface area contributed by atoms with Crippen LogP contribution in [0.4, 0.5) is 5.69 Å². The van der Waals surface area contributed by atoms with E-state index in [0.29, 0.717) is 16.9 Å². The highest BCUT2D eigenvalue weighted by atomic mass is 32.1. The lowest BCUT2D eigenvalue weighted by molar-refractivity contribution is -0.132. The van der Waals surface area contributed by atoms with Gasteiger partial charge in [0.15, 0.2) is 0 Å². The van der Waals surface area contributed by atoms with E-state index in [0.717, 1.165) is 10.4 Å². The van der Waals surface area contributed by atoms with Gasteiger partial charge < -0.3 is 14.9 Å². The van der Waals surface area contributed by atoms with Crippen molar-refractivity contribution in [2.24, 2.45) is 0 Å². The average molecular weight is 436 g/mol. The van der Waals surface area contributed by atoms with E-state index in [-0.39, 0.29) is 22.8 Å². The lowest BCUT2D eigenvalue weighted by atomic mass is 9.96. The van der Waals surface area contributed by atoms with Crippen LogP contribution in [0.2, 0.25) is 0 Å². The fourth-order valence-corrected chi connectivity index (χ4v) is 4.86. The van der Waals surface area contributed by atoms with E-state index in [1.807, 2.05) is 18.4 Å². The Labute approximate surface area is 183 Å². The van der Waals surface area contributed by atoms with Crippen molar-refractivity contribution < 1.29 is 24.5 Å². The number of phenols is 1. The molecule has 0 bridgehead atoms. The Hall–Kier alpha value is -3.58. The number of thiophene rings is 1. The monoisotopic (exact) mass is 435 g/mol. The maximum Gasteiger partial charge on any atom is 0.300 e. The fraction of sp³-hybridized carbons (Fsp3) is 0.167. The van der Waals surface area contributed by atoms with Crippen LogP contribution in [0.5, 0.6) is 11.5 Å². The van der Waals surface area contributed by atoms with E-state index in [1.54, 1.807) is 50.4 Å². The first-order valence-electron chi connectivity index (χ1n) is 9.63. The molecule has 0 radical (unpaired) electrons. The van der Waals surface area contributed by atoms with Gasteiger partial charge >= 0.3 is 0 Å². The number of ether oxygens (including phenoxy) is 1. The number of methoxy groups -OCH3 is 1. The molecule has 1 unspecified atom stereocenters. The molecule has 2 heterocycles. The molecule has 31 heavy (non-hydrogen) atoms. The SMILES string of the molecule is COc1ccc(/C(O)=C2\C(=O)C(=O)N(c3ccccc3O)C2c2sccc2C)c(C)c1. The van der Waals surface area contributed by atoms with Crippen molar-refractivity contribution in [3.05, 3.63) is 81.1 Å². The summed E-state index contributed by atoms with van der Waals surface area (Å²) in [7, 11) is 1.55. The van der Waals surface area contributed by atoms with Crippen molar-refractivity contribution in [2.45, 2.75) is 19.9 Å². The third-order valence-electron chi connectivity index (χ3n) is 5.42. The number of hydrogen-bond acceptors (Lipinski definition) is 6. The molecule has 3 aromatic rings. The first kappa shape index (κ1) is 20.7. The molecule has 1 amide bonds. The van der Waals surface area contributed by atoms with Crippen molar-refractivity contribution in [3.8, 4) is 11.5 Å². The minimum absolute atomic E-state index is 0.00734. The summed E-state index contributed by atoms with van der Waals surface area (Å²) in [4.78, 5) is 28.3. The van der Waals surface area contributed by atoms with Crippen molar-refractivity contribution in [3.63, 3.8) is 0 Å². The van der Waals surface area contributed by atoms with Crippen LogP contribution in [0, 0.1) is 13.8 Å². The summed E-state index contributed by atoms with van der Waals surface area (Å²) in [6.45, 7) is 3.68. The molecule has 2 N–H and O–H groups in total. The van der Waals surface area contributed by atoms with Gasteiger partial charge in [-0.2, -0.15) is 0 Å². The third-order valence-corrected chi connectivity index (χ3v) is 6.50. The molecule has 7 heteroatoms. The Morgan fingerprint density at radius 2 is 1.81 bits per heavy atom. The van der Waals surface area contributed by atoms with Gasteiger partial charge in [-0.3, -0.25) is 14.5 Å². The summed E-state index contributed by atoms with van der Waals surface area (Å²) in [5.41, 5.74) is 2.23. The number of carbonyl (C=O) groups is 2. The smallest absolute Gasteiger partial charge is 0.300 e. The Kier molecular flexibility index (Phi) is 5.29. The van der Waals surface area contributed by atoms with E-state index < -0.39 is 17.7 Å². The predicted molar refractivity (Wildman–Crippen MR) is 120 cm³/mol. The minimum atomic E-state index is -0.852. The van der Waals surface area contributed by atoms with Crippen LogP contribution in [0.25, 0.3) is 5.76 Å². The largest absolute Gasteiger partial charge is 0.507 e. The second-order valence-corrected chi connectivity index (χ2v) is 8.25. The van der Waals surface area contributed by atoms with Gasteiger partial charge in [-0.15, -0.1) is 11.3 Å². The van der Waals surface area contributed by atoms with Crippen molar-refractivity contribution in [1.82, 2.24) is 0 Å². The number of aliphatic hydroxyl groups is 1. The Morgan fingerprint density at radius 3 is 2.42 bits per heavy atom. The fourth-order valence-electron chi connectivity index (χ4n) is 3.84. The van der Waals surface area contributed by atoms with Gasteiger partial charge in [0.25, 0.3) is 11.7 Å². The molecule has 1 atom stereocenters. The predicted octanol–water partition coefficient (Wildman–Crippen LogP) is 4.71. The third kappa shape index (κ3) is 3.37. The Morgan fingerprint density at radius 1 is 1.06 bits per heavy atom. The molecular weight excluding hydrogens is 414 g/mol. The number of anilines is 1. The van der Waals surface area contributed by atoms with Crippen LogP contribution in [0.3, 0.4) is 0 Å². The highest BCUT2D eigenvalue weighted by molar-refractivity contribution is 7.10. The van der Waals surface area contributed by atoms with E-state index >= 15 is 0 Å². The number of phenolic OH excluding ortho intramolecular Hbond substituents is 1. The molecular formula is C24H21NO5S. The van der Waals surface area contributed by atoms with Crippen LogP contribution < -0.4 is 9.64 Å². The number of rotatable bonds is 4. The zero-order chi connectivity index (χ0) is 22.3. The molecule has 158 valence electrons. The number of aliphatic hydroxyl groups excluding tert-OH is 1. The van der Waals surface area contributed by atoms with Crippen LogP contribution in [0.15, 0.2) is 59.5 Å². The van der Waals surface area contributed by atoms with Gasteiger partial charge in [-0.1, -0.05) is 12.1 Å². The number of nitrogens with zero attached hydrogens (tertiary/aromatic N) is 1. The molecule has 1 saturated heterocycles. The number of ketones is 1. The lowest BCUT2D eigenvalue weighted by Crippen LogP contribution is -2.29. The summed E-state index contributed by atoms with van der Waals surface area (Å²) in [6, 6.07) is 12.5. The maximum atomic E-state index is 13.2. The lowest BCUT2D eigenvalue weighted by Gasteiger charge is -2.25. The zero-order valence-electron chi connectivity index (χ0n) is 17.2. The van der Waals surface area contributed by atoms with E-state index in [4.69, 9.17) is 4.74 Å². The summed E-state index contributed by atoms with van der Waals surface area (Å²) in [6.07, 6.45) is 0. The number of para-hydroxylation sites is 2. The number of aromatic hydroxyl groups is 1. The van der Waals surface area contributed by atoms with Gasteiger partial charge in [0.1, 0.15) is 23.3 Å². The van der Waals surface area contributed by atoms with Gasteiger partial charge in [-0.05, 0) is 66.8 Å². The second kappa shape index (κ2) is 7.92. The van der Waals surface area contributed by atoms with Gasteiger partial charge in [0.2, 0.25) is 0 Å². The maximum absolute atomic E-state index is 13.2. The normalized spacial score (nSPS) is 17.9. The number of benzene rings is 2. The molecule has 2 aromatic carbocycles. The van der Waals surface area contributed by atoms with Crippen LogP contribution in [-0.2, 0) is 9.59 Å². The molecule has 1 fully saturated rings. The van der Waals surface area contributed by atoms with Crippen molar-refractivity contribution >= 4 is 34.5 Å². The van der Waals surface area contributed by atoms with E-state index in [9.17, 15) is 19.8 Å². The molecule has 6 nitrogen and oxygen atoms in total. The molecule has 1 aliphatic heterocycles. The molecule has 0 saturated carbocycles. The highest BCUT2D eigenvalue weighted by Crippen LogP contribution is 2.47. The summed E-state index contributed by atoms with van der Waals surface area (Å²) >= 11 is 1.39. The standard InChI is InChI=1S/C24H21NO5S/c1-13-10-11-31-23(13)20-19(21(27)16-9-8-15(30-3)12-14(16)2)22(28)24(29)25(20)17-6-4-5-7-18(17)26/h4-12,20,26-27H,1-3H3/b21-19+. The first-order chi connectivity index (χ1) is 14.8. The number of Topliss-reactive ketones (excluding diaryl/α,β-unsaturated/α-hetero) is 1. The number of hydrogen-bond donors (Lipinski definition) is 2. The Bertz CT molecular complexity index is 1230. The van der Waals surface area contributed by atoms with E-state index in [1.165, 1.54) is 22.3 Å². The molecule has 1 aliphatic rings. The molecule has 1 aromatic heterocycles. The molecule has 0 aliphatic carbocycles. The average Bonchev–Trinajstić information content (AvgIpc) is 3.28. The second-order valence-electron chi connectivity index (χ2n) is 7.31. The highest BCUT2D eigenvalue weighted by Gasteiger charge is 2.48. The van der Waals surface area contributed by atoms with Gasteiger partial charge in [0, 0.05) is 10.4 Å². The number of carbonyl (C=O) groups excluding carboxylic acids is 2. The summed E-state index contributed by atoms with van der Waals surface area (Å²) in [5, 5.41) is 23.5. The quantitative estimate of drug-likeness (QED) is 0.352. The zero-order valence-corrected chi connectivity index (χ0v) is 18.1. The molecule has 4 rings (SSSR count). The van der Waals surface area contributed by atoms with E-state index in [2.05, 4.69) is 0 Å². The molecule has 0 spiro atoms. The van der Waals surface area contributed by atoms with Crippen molar-refractivity contribution in [1.29, 1.82) is 0 Å². The topological polar surface area (TPSA) is 87.1 Å². The summed E-state index contributed by atoms with van der Waals surface area (Å²) in [5.74, 6) is -1.35. The van der Waals surface area contributed by atoms with Crippen LogP contribution in [0.1, 0.15) is 27.6 Å². The van der Waals surface area contributed by atoms with Crippen LogP contribution >= 0.6 is 11.3 Å². The van der Waals surface area contributed by atoms with Crippen LogP contribution in [-0.4, -0.2) is 29.0 Å². The number of amides is 1. The Balaban J connectivity index is 1.98.